The molecule has 0 amide bonds. The molecule has 1 aromatic carbocycles. The minimum absolute atomic E-state index is 0.243. The summed E-state index contributed by atoms with van der Waals surface area (Å²) in [6.45, 7) is 6.15. The Morgan fingerprint density at radius 3 is 2.53 bits per heavy atom. The van der Waals surface area contributed by atoms with Gasteiger partial charge in [0.1, 0.15) is 5.82 Å². The van der Waals surface area contributed by atoms with E-state index >= 15 is 0 Å². The van der Waals surface area contributed by atoms with Crippen LogP contribution >= 0.6 is 15.9 Å². The maximum atomic E-state index is 4.69. The summed E-state index contributed by atoms with van der Waals surface area (Å²) in [6.07, 6.45) is 0. The third kappa shape index (κ3) is 3.19. The van der Waals surface area contributed by atoms with Crippen LogP contribution in [0.15, 0.2) is 34.8 Å². The monoisotopic (exact) mass is 319 g/mol. The molecule has 0 atom stereocenters. The second-order valence-electron chi connectivity index (χ2n) is 5.10. The first-order valence-electron chi connectivity index (χ1n) is 6.23. The van der Waals surface area contributed by atoms with Gasteiger partial charge in [0.15, 0.2) is 0 Å². The van der Waals surface area contributed by atoms with Crippen LogP contribution in [0.5, 0.6) is 0 Å². The van der Waals surface area contributed by atoms with Crippen LogP contribution in [0.4, 0.5) is 0 Å². The number of aryl methyl sites for hydroxylation is 1. The SMILES string of the molecule is CNC(C)(C)c1nc(C)cc(-c2cccc(Br)c2)n1. The van der Waals surface area contributed by atoms with Gasteiger partial charge in [-0.1, -0.05) is 28.1 Å². The Labute approximate surface area is 122 Å². The standard InChI is InChI=1S/C15H18BrN3/c1-10-8-13(11-6-5-7-12(16)9-11)19-14(18-10)15(2,3)17-4/h5-9,17H,1-4H3. The van der Waals surface area contributed by atoms with Crippen molar-refractivity contribution in [2.45, 2.75) is 26.3 Å². The normalized spacial score (nSPS) is 11.6. The largest absolute Gasteiger partial charge is 0.308 e. The van der Waals surface area contributed by atoms with E-state index in [2.05, 4.69) is 52.2 Å². The Bertz CT molecular complexity index is 594. The van der Waals surface area contributed by atoms with Crippen LogP contribution in [-0.2, 0) is 5.54 Å². The van der Waals surface area contributed by atoms with Crippen LogP contribution in [0, 0.1) is 6.92 Å². The lowest BCUT2D eigenvalue weighted by Gasteiger charge is -2.23. The molecule has 2 aromatic rings. The van der Waals surface area contributed by atoms with Gasteiger partial charge in [-0.2, -0.15) is 0 Å². The number of benzene rings is 1. The third-order valence-electron chi connectivity index (χ3n) is 3.16. The van der Waals surface area contributed by atoms with Gasteiger partial charge in [-0.3, -0.25) is 0 Å². The molecule has 3 nitrogen and oxygen atoms in total. The van der Waals surface area contributed by atoms with Gasteiger partial charge in [0.25, 0.3) is 0 Å². The van der Waals surface area contributed by atoms with E-state index in [4.69, 9.17) is 4.98 Å². The number of nitrogens with zero attached hydrogens (tertiary/aromatic N) is 2. The zero-order valence-corrected chi connectivity index (χ0v) is 13.2. The first-order chi connectivity index (χ1) is 8.92. The van der Waals surface area contributed by atoms with Crippen molar-refractivity contribution in [2.24, 2.45) is 0 Å². The summed E-state index contributed by atoms with van der Waals surface area (Å²) in [5, 5.41) is 3.24. The second-order valence-corrected chi connectivity index (χ2v) is 6.02. The summed E-state index contributed by atoms with van der Waals surface area (Å²) in [5.74, 6) is 0.810. The van der Waals surface area contributed by atoms with Crippen molar-refractivity contribution in [3.05, 3.63) is 46.3 Å². The molecule has 100 valence electrons. The van der Waals surface area contributed by atoms with Crippen LogP contribution in [0.25, 0.3) is 11.3 Å². The molecule has 0 bridgehead atoms. The molecule has 0 spiro atoms. The Balaban J connectivity index is 2.54. The van der Waals surface area contributed by atoms with E-state index in [1.54, 1.807) is 0 Å². The van der Waals surface area contributed by atoms with Crippen molar-refractivity contribution in [1.29, 1.82) is 0 Å². The minimum Gasteiger partial charge on any atom is -0.308 e. The van der Waals surface area contributed by atoms with Gasteiger partial charge >= 0.3 is 0 Å². The Kier molecular flexibility index (Phi) is 4.02. The predicted molar refractivity (Wildman–Crippen MR) is 82.0 cm³/mol. The van der Waals surface area contributed by atoms with E-state index in [0.29, 0.717) is 0 Å². The maximum Gasteiger partial charge on any atom is 0.148 e. The lowest BCUT2D eigenvalue weighted by atomic mass is 10.0. The number of halogens is 1. The number of rotatable bonds is 3. The summed E-state index contributed by atoms with van der Waals surface area (Å²) < 4.78 is 1.05. The fourth-order valence-corrected chi connectivity index (χ4v) is 2.15. The molecule has 0 radical (unpaired) electrons. The van der Waals surface area contributed by atoms with Gasteiger partial charge in [0, 0.05) is 15.7 Å². The van der Waals surface area contributed by atoms with Crippen molar-refractivity contribution in [3.63, 3.8) is 0 Å². The zero-order chi connectivity index (χ0) is 14.0. The summed E-state index contributed by atoms with van der Waals surface area (Å²) in [4.78, 5) is 9.23. The Morgan fingerprint density at radius 1 is 1.16 bits per heavy atom. The van der Waals surface area contributed by atoms with Crippen molar-refractivity contribution in [3.8, 4) is 11.3 Å². The average Bonchev–Trinajstić information content (AvgIpc) is 2.38. The topological polar surface area (TPSA) is 37.8 Å². The predicted octanol–water partition coefficient (Wildman–Crippen LogP) is 3.67. The molecule has 0 aliphatic rings. The number of nitrogens with one attached hydrogen (secondary N) is 1. The van der Waals surface area contributed by atoms with E-state index in [0.717, 1.165) is 27.2 Å². The molecule has 0 aliphatic carbocycles. The van der Waals surface area contributed by atoms with Crippen LogP contribution in [0.3, 0.4) is 0 Å². The van der Waals surface area contributed by atoms with Crippen LogP contribution < -0.4 is 5.32 Å². The smallest absolute Gasteiger partial charge is 0.148 e. The molecule has 0 aliphatic heterocycles. The average molecular weight is 320 g/mol. The summed E-state index contributed by atoms with van der Waals surface area (Å²) >= 11 is 3.49. The van der Waals surface area contributed by atoms with Gasteiger partial charge in [0.05, 0.1) is 11.2 Å². The highest BCUT2D eigenvalue weighted by Gasteiger charge is 2.22. The first-order valence-corrected chi connectivity index (χ1v) is 7.03. The molecule has 19 heavy (non-hydrogen) atoms. The highest BCUT2D eigenvalue weighted by molar-refractivity contribution is 9.10. The van der Waals surface area contributed by atoms with E-state index in [-0.39, 0.29) is 5.54 Å². The molecule has 1 N–H and O–H groups in total. The van der Waals surface area contributed by atoms with E-state index < -0.39 is 0 Å². The fourth-order valence-electron chi connectivity index (χ4n) is 1.76. The van der Waals surface area contributed by atoms with Crippen LogP contribution in [-0.4, -0.2) is 17.0 Å². The molecular formula is C15H18BrN3. The molecule has 0 saturated heterocycles. The quantitative estimate of drug-likeness (QED) is 0.938. The van der Waals surface area contributed by atoms with Gasteiger partial charge in [0.2, 0.25) is 0 Å². The van der Waals surface area contributed by atoms with Crippen molar-refractivity contribution < 1.29 is 0 Å². The summed E-state index contributed by atoms with van der Waals surface area (Å²) in [5.41, 5.74) is 2.77. The maximum absolute atomic E-state index is 4.69. The first kappa shape index (κ1) is 14.2. The minimum atomic E-state index is -0.243. The van der Waals surface area contributed by atoms with E-state index in [1.165, 1.54) is 0 Å². The van der Waals surface area contributed by atoms with Crippen LogP contribution in [0.1, 0.15) is 25.4 Å². The summed E-state index contributed by atoms with van der Waals surface area (Å²) in [6, 6.07) is 10.2. The van der Waals surface area contributed by atoms with E-state index in [1.807, 2.05) is 32.2 Å². The molecular weight excluding hydrogens is 302 g/mol. The number of hydrogen-bond donors (Lipinski definition) is 1. The second kappa shape index (κ2) is 5.39. The zero-order valence-electron chi connectivity index (χ0n) is 11.7. The van der Waals surface area contributed by atoms with E-state index in [9.17, 15) is 0 Å². The van der Waals surface area contributed by atoms with Gasteiger partial charge in [-0.05, 0) is 46.0 Å². The van der Waals surface area contributed by atoms with Crippen molar-refractivity contribution in [2.75, 3.05) is 7.05 Å². The molecule has 0 fully saturated rings. The molecule has 1 aromatic heterocycles. The van der Waals surface area contributed by atoms with Gasteiger partial charge in [-0.25, -0.2) is 9.97 Å². The molecule has 2 rings (SSSR count). The Morgan fingerprint density at radius 2 is 1.89 bits per heavy atom. The van der Waals surface area contributed by atoms with Gasteiger partial charge < -0.3 is 5.32 Å². The summed E-state index contributed by atoms with van der Waals surface area (Å²) in [7, 11) is 1.92. The van der Waals surface area contributed by atoms with Crippen molar-refractivity contribution >= 4 is 15.9 Å². The third-order valence-corrected chi connectivity index (χ3v) is 3.65. The fraction of sp³-hybridized carbons (Fsp3) is 0.333. The molecule has 0 saturated carbocycles. The highest BCUT2D eigenvalue weighted by Crippen LogP contribution is 2.24. The molecule has 0 unspecified atom stereocenters. The van der Waals surface area contributed by atoms with Crippen molar-refractivity contribution in [1.82, 2.24) is 15.3 Å². The molecule has 4 heteroatoms. The van der Waals surface area contributed by atoms with Crippen LogP contribution in [0.2, 0.25) is 0 Å². The molecule has 1 heterocycles. The lowest BCUT2D eigenvalue weighted by Crippen LogP contribution is -2.35. The Hall–Kier alpha value is -1.26. The highest BCUT2D eigenvalue weighted by atomic mass is 79.9. The number of hydrogen-bond acceptors (Lipinski definition) is 3. The lowest BCUT2D eigenvalue weighted by molar-refractivity contribution is 0.416. The number of aromatic nitrogens is 2. The van der Waals surface area contributed by atoms with Gasteiger partial charge in [-0.15, -0.1) is 0 Å².